The van der Waals surface area contributed by atoms with Crippen LogP contribution in [0.5, 0.6) is 0 Å². The van der Waals surface area contributed by atoms with Crippen LogP contribution in [0.1, 0.15) is 19.8 Å². The van der Waals surface area contributed by atoms with E-state index in [0.717, 1.165) is 6.54 Å². The van der Waals surface area contributed by atoms with Gasteiger partial charge in [-0.15, -0.1) is 0 Å². The first-order valence-electron chi connectivity index (χ1n) is 7.09. The quantitative estimate of drug-likeness (QED) is 0.421. The van der Waals surface area contributed by atoms with E-state index >= 15 is 0 Å². The van der Waals surface area contributed by atoms with Crippen LogP contribution in [0.4, 0.5) is 0 Å². The third-order valence-electron chi connectivity index (χ3n) is 3.22. The molecule has 0 aromatic rings. The number of unbranched alkanes of at least 4 members (excludes halogenated alkanes) is 1. The van der Waals surface area contributed by atoms with Crippen molar-refractivity contribution in [3.8, 4) is 0 Å². The molecular weight excluding hydrogens is 308 g/mol. The maximum absolute atomic E-state index is 5.34. The van der Waals surface area contributed by atoms with E-state index in [2.05, 4.69) is 12.2 Å². The third-order valence-corrected chi connectivity index (χ3v) is 8.23. The van der Waals surface area contributed by atoms with Gasteiger partial charge in [0, 0.05) is 41.7 Å². The Morgan fingerprint density at radius 2 is 1.38 bits per heavy atom. The zero-order valence-electron chi connectivity index (χ0n) is 14.7. The molecule has 0 amide bonds. The summed E-state index contributed by atoms with van der Waals surface area (Å²) in [5, 5.41) is 3.27. The van der Waals surface area contributed by atoms with E-state index in [9.17, 15) is 0 Å². The van der Waals surface area contributed by atoms with Gasteiger partial charge in [-0.3, -0.25) is 0 Å². The summed E-state index contributed by atoms with van der Waals surface area (Å²) in [6, 6.07) is 0. The normalized spacial score (nSPS) is 12.0. The van der Waals surface area contributed by atoms with Crippen LogP contribution in [0.3, 0.4) is 0 Å². The van der Waals surface area contributed by atoms with Gasteiger partial charge in [0.15, 0.2) is 0 Å². The Morgan fingerprint density at radius 3 is 1.62 bits per heavy atom. The minimum Gasteiger partial charge on any atom is -0.397 e. The number of hydrogen-bond donors (Lipinski definition) is 2. The van der Waals surface area contributed by atoms with Crippen molar-refractivity contribution in [1.82, 2.24) is 5.32 Å². The average molecular weight is 343 g/mol. The van der Waals surface area contributed by atoms with E-state index in [1.807, 2.05) is 6.55 Å². The molecule has 0 aliphatic heterocycles. The van der Waals surface area contributed by atoms with E-state index < -0.39 is 17.4 Å². The lowest BCUT2D eigenvalue weighted by Crippen LogP contribution is -2.52. The molecule has 0 saturated heterocycles. The number of hydrogen-bond acceptors (Lipinski definition) is 7. The summed E-state index contributed by atoms with van der Waals surface area (Å²) in [5.41, 5.74) is 5.34. The second-order valence-corrected chi connectivity index (χ2v) is 11.0. The van der Waals surface area contributed by atoms with Crippen molar-refractivity contribution >= 4 is 17.4 Å². The largest absolute Gasteiger partial charge is 0.514 e. The summed E-state index contributed by atoms with van der Waals surface area (Å²) in [6.07, 6.45) is 3.55. The highest BCUT2D eigenvalue weighted by Crippen LogP contribution is 2.03. The maximum Gasteiger partial charge on any atom is 0.514 e. The Kier molecular flexibility index (Phi) is 15.4. The summed E-state index contributed by atoms with van der Waals surface area (Å²) >= 11 is 0. The van der Waals surface area contributed by atoms with Crippen LogP contribution in [0.25, 0.3) is 0 Å². The van der Waals surface area contributed by atoms with Gasteiger partial charge < -0.3 is 33.2 Å². The van der Waals surface area contributed by atoms with Crippen LogP contribution >= 0.6 is 0 Å². The molecule has 0 fully saturated rings. The van der Waals surface area contributed by atoms with Gasteiger partial charge in [-0.2, -0.15) is 0 Å². The Labute approximate surface area is 132 Å². The summed E-state index contributed by atoms with van der Waals surface area (Å²) < 4.78 is 25.8. The molecule has 0 aliphatic rings. The van der Waals surface area contributed by atoms with E-state index in [1.54, 1.807) is 35.5 Å². The van der Waals surface area contributed by atoms with Gasteiger partial charge in [-0.05, 0) is 19.5 Å². The van der Waals surface area contributed by atoms with Crippen LogP contribution in [-0.4, -0.2) is 71.8 Å². The maximum atomic E-state index is 5.34. The third kappa shape index (κ3) is 10.5. The minimum atomic E-state index is -2.38. The SMILES string of the molecule is CCCCNC[Si](OC)(OC)OC.CO[Si](C)(CN)OC. The highest BCUT2D eigenvalue weighted by atomic mass is 28.4. The Hall–Kier alpha value is 0.154. The molecule has 0 spiro atoms. The van der Waals surface area contributed by atoms with Gasteiger partial charge in [0.2, 0.25) is 0 Å². The second kappa shape index (κ2) is 13.8. The predicted octanol–water partition coefficient (Wildman–Crippen LogP) is 0.643. The molecule has 0 saturated carbocycles. The zero-order chi connectivity index (χ0) is 16.8. The molecule has 0 heterocycles. The summed E-state index contributed by atoms with van der Waals surface area (Å²) in [5.74, 6) is 0. The van der Waals surface area contributed by atoms with Crippen molar-refractivity contribution in [2.45, 2.75) is 26.3 Å². The first-order chi connectivity index (χ1) is 9.92. The molecule has 0 bridgehead atoms. The molecule has 0 aromatic carbocycles. The predicted molar refractivity (Wildman–Crippen MR) is 89.2 cm³/mol. The van der Waals surface area contributed by atoms with Crippen LogP contribution in [0.2, 0.25) is 6.55 Å². The van der Waals surface area contributed by atoms with Gasteiger partial charge in [0.25, 0.3) is 0 Å². The highest BCUT2D eigenvalue weighted by Gasteiger charge is 2.37. The van der Waals surface area contributed by atoms with Crippen molar-refractivity contribution in [3.05, 3.63) is 0 Å². The van der Waals surface area contributed by atoms with Crippen molar-refractivity contribution < 1.29 is 22.1 Å². The lowest BCUT2D eigenvalue weighted by Gasteiger charge is -2.24. The molecule has 0 aliphatic carbocycles. The topological polar surface area (TPSA) is 84.2 Å². The second-order valence-electron chi connectivity index (χ2n) is 4.57. The number of nitrogens with one attached hydrogen (secondary N) is 1. The molecule has 0 unspecified atom stereocenters. The molecule has 0 rings (SSSR count). The molecule has 0 radical (unpaired) electrons. The van der Waals surface area contributed by atoms with E-state index in [0.29, 0.717) is 12.3 Å². The van der Waals surface area contributed by atoms with Crippen LogP contribution in [0.15, 0.2) is 0 Å². The Balaban J connectivity index is 0. The fraction of sp³-hybridized carbons (Fsp3) is 1.00. The zero-order valence-corrected chi connectivity index (χ0v) is 16.7. The van der Waals surface area contributed by atoms with Gasteiger partial charge in [0.05, 0.1) is 6.17 Å². The van der Waals surface area contributed by atoms with Crippen molar-refractivity contribution in [1.29, 1.82) is 0 Å². The summed E-state index contributed by atoms with van der Waals surface area (Å²) in [4.78, 5) is 0. The molecule has 9 heteroatoms. The molecule has 7 nitrogen and oxygen atoms in total. The fourth-order valence-electron chi connectivity index (χ4n) is 1.26. The number of nitrogens with two attached hydrogens (primary N) is 1. The van der Waals surface area contributed by atoms with Crippen LogP contribution in [-0.2, 0) is 22.1 Å². The van der Waals surface area contributed by atoms with Crippen LogP contribution < -0.4 is 11.1 Å². The lowest BCUT2D eigenvalue weighted by atomic mass is 10.3. The molecular formula is C12H34N2O5Si2. The molecule has 3 N–H and O–H groups in total. The molecule has 0 aromatic heterocycles. The van der Waals surface area contributed by atoms with Gasteiger partial charge in [0.1, 0.15) is 0 Å². The highest BCUT2D eigenvalue weighted by molar-refractivity contribution is 6.66. The molecule has 130 valence electrons. The van der Waals surface area contributed by atoms with Gasteiger partial charge in [-0.1, -0.05) is 13.3 Å². The van der Waals surface area contributed by atoms with Crippen molar-refractivity contribution in [3.63, 3.8) is 0 Å². The van der Waals surface area contributed by atoms with Gasteiger partial charge >= 0.3 is 17.4 Å². The van der Waals surface area contributed by atoms with E-state index in [4.69, 9.17) is 27.9 Å². The standard InChI is InChI=1S/C8H21NO3Si.C4H13NO2Si/c1-5-6-7-9-8-13(10-2,11-3)12-4;1-6-8(3,4-5)7-2/h9H,5-8H2,1-4H3;4-5H2,1-3H3. The Bertz CT molecular complexity index is 213. The van der Waals surface area contributed by atoms with Gasteiger partial charge in [-0.25, -0.2) is 0 Å². The monoisotopic (exact) mass is 342 g/mol. The number of rotatable bonds is 11. The summed E-state index contributed by atoms with van der Waals surface area (Å²) in [6.45, 7) is 5.07. The van der Waals surface area contributed by atoms with Crippen molar-refractivity contribution in [2.75, 3.05) is 54.4 Å². The first-order valence-corrected chi connectivity index (χ1v) is 11.5. The Morgan fingerprint density at radius 1 is 0.905 bits per heavy atom. The van der Waals surface area contributed by atoms with E-state index in [-0.39, 0.29) is 0 Å². The van der Waals surface area contributed by atoms with E-state index in [1.165, 1.54) is 12.8 Å². The fourth-order valence-corrected chi connectivity index (χ4v) is 3.18. The average Bonchev–Trinajstić information content (AvgIpc) is 2.55. The van der Waals surface area contributed by atoms with Crippen LogP contribution in [0, 0.1) is 0 Å². The molecule has 0 atom stereocenters. The first kappa shape index (κ1) is 23.4. The summed E-state index contributed by atoms with van der Waals surface area (Å²) in [7, 11) is 3.86. The smallest absolute Gasteiger partial charge is 0.397 e. The molecule has 21 heavy (non-hydrogen) atoms. The van der Waals surface area contributed by atoms with Crippen molar-refractivity contribution in [2.24, 2.45) is 5.73 Å². The lowest BCUT2D eigenvalue weighted by molar-refractivity contribution is 0.122. The minimum absolute atomic E-state index is 0.514.